The number of carbonyl (C=O) groups excluding carboxylic acids is 3. The first kappa shape index (κ1) is 46.7. The topological polar surface area (TPSA) is 155 Å². The molecule has 2 aromatic carbocycles. The monoisotopic (exact) mass is 854 g/mol. The van der Waals surface area contributed by atoms with Gasteiger partial charge in [0.05, 0.1) is 76.6 Å². The number of carbonyl (C=O) groups is 3. The molecule has 2 fully saturated rings. The summed E-state index contributed by atoms with van der Waals surface area (Å²) in [6.07, 6.45) is 7.40. The highest BCUT2D eigenvalue weighted by molar-refractivity contribution is 6.31. The predicted octanol–water partition coefficient (Wildman–Crippen LogP) is 6.07. The zero-order chi connectivity index (χ0) is 42.9. The maximum Gasteiger partial charge on any atom is 0.407 e. The number of hydrogen-bond donors (Lipinski definition) is 3. The molecule has 3 aliphatic rings. The van der Waals surface area contributed by atoms with E-state index in [0.717, 1.165) is 81.6 Å². The lowest BCUT2D eigenvalue weighted by atomic mass is 9.80. The molecule has 2 aliphatic heterocycles. The summed E-state index contributed by atoms with van der Waals surface area (Å²) in [5, 5.41) is 9.88. The van der Waals surface area contributed by atoms with Crippen LogP contribution in [0.4, 0.5) is 4.79 Å². The normalized spacial score (nSPS) is 20.7. The van der Waals surface area contributed by atoms with Gasteiger partial charge in [-0.25, -0.2) is 14.4 Å². The molecule has 2 heterocycles. The van der Waals surface area contributed by atoms with Crippen LogP contribution in [0, 0.1) is 0 Å². The number of hydrogen-bond acceptors (Lipinski definition) is 13. The molecule has 0 radical (unpaired) electrons. The van der Waals surface area contributed by atoms with Crippen LogP contribution in [0.2, 0.25) is 5.02 Å². The van der Waals surface area contributed by atoms with Crippen LogP contribution in [0.3, 0.4) is 0 Å². The fourth-order valence-corrected chi connectivity index (χ4v) is 8.51. The van der Waals surface area contributed by atoms with Crippen LogP contribution in [0.15, 0.2) is 65.0 Å². The molecule has 1 aliphatic carbocycles. The number of unbranched alkanes of at least 4 members (excludes halogenated alkanes) is 1. The molecule has 14 nitrogen and oxygen atoms in total. The Kier molecular flexibility index (Phi) is 18.8. The van der Waals surface area contributed by atoms with Crippen LogP contribution in [0.1, 0.15) is 75.8 Å². The van der Waals surface area contributed by atoms with Crippen LogP contribution >= 0.6 is 11.6 Å². The molecular formula is C45H63ClN4O10. The molecule has 15 heteroatoms. The van der Waals surface area contributed by atoms with Gasteiger partial charge in [-0.3, -0.25) is 4.90 Å². The highest BCUT2D eigenvalue weighted by Gasteiger charge is 2.40. The first-order chi connectivity index (χ1) is 29.2. The van der Waals surface area contributed by atoms with Gasteiger partial charge in [0.2, 0.25) is 0 Å². The Hall–Kier alpha value is -4.34. The van der Waals surface area contributed by atoms with Crippen LogP contribution in [0.5, 0.6) is 11.5 Å². The van der Waals surface area contributed by atoms with Gasteiger partial charge in [-0.2, -0.15) is 0 Å². The fraction of sp³-hybridized carbons (Fsp3) is 0.578. The zero-order valence-corrected chi connectivity index (χ0v) is 36.5. The minimum Gasteiger partial charge on any atom is -0.493 e. The van der Waals surface area contributed by atoms with Gasteiger partial charge in [0, 0.05) is 42.9 Å². The Bertz CT molecular complexity index is 1800. The minimum atomic E-state index is -0.801. The maximum absolute atomic E-state index is 13.2. The number of benzene rings is 2. The first-order valence-corrected chi connectivity index (χ1v) is 21.6. The molecule has 330 valence electrons. The van der Waals surface area contributed by atoms with E-state index >= 15 is 0 Å². The molecular weight excluding hydrogens is 792 g/mol. The minimum absolute atomic E-state index is 0.0853. The average molecular weight is 855 g/mol. The second-order valence-corrected chi connectivity index (χ2v) is 15.6. The number of likely N-dealkylation sites (tertiary alicyclic amines) is 1. The summed E-state index contributed by atoms with van der Waals surface area (Å²) >= 11 is 6.59. The molecule has 1 amide bonds. The number of dihydropyridines is 1. The fourth-order valence-electron chi connectivity index (χ4n) is 8.27. The van der Waals surface area contributed by atoms with Crippen molar-refractivity contribution in [1.29, 1.82) is 0 Å². The van der Waals surface area contributed by atoms with E-state index in [4.69, 9.17) is 44.8 Å². The van der Waals surface area contributed by atoms with Crippen molar-refractivity contribution in [2.75, 3.05) is 80.5 Å². The third kappa shape index (κ3) is 12.8. The van der Waals surface area contributed by atoms with Gasteiger partial charge in [0.15, 0.2) is 11.5 Å². The van der Waals surface area contributed by atoms with Gasteiger partial charge >= 0.3 is 18.0 Å². The number of nitrogens with zero attached hydrogens (tertiary/aromatic N) is 1. The summed E-state index contributed by atoms with van der Waals surface area (Å²) in [4.78, 5) is 41.5. The number of alkyl carbamates (subject to hydrolysis) is 1. The smallest absolute Gasteiger partial charge is 0.407 e. The predicted molar refractivity (Wildman–Crippen MR) is 228 cm³/mol. The van der Waals surface area contributed by atoms with Crippen molar-refractivity contribution in [3.05, 3.63) is 81.2 Å². The zero-order valence-electron chi connectivity index (χ0n) is 35.8. The molecule has 1 saturated heterocycles. The Morgan fingerprint density at radius 3 is 2.45 bits per heavy atom. The Balaban J connectivity index is 0.976. The molecule has 1 saturated carbocycles. The lowest BCUT2D eigenvalue weighted by Crippen LogP contribution is -2.46. The molecule has 2 aromatic rings. The highest BCUT2D eigenvalue weighted by Crippen LogP contribution is 2.42. The van der Waals surface area contributed by atoms with Gasteiger partial charge in [0.1, 0.15) is 6.10 Å². The number of allylic oxidation sites excluding steroid dienone is 1. The maximum atomic E-state index is 13.2. The number of amides is 1. The van der Waals surface area contributed by atoms with E-state index in [2.05, 4.69) is 26.9 Å². The number of esters is 2. The molecule has 0 bridgehead atoms. The van der Waals surface area contributed by atoms with Crippen LogP contribution in [0.25, 0.3) is 0 Å². The van der Waals surface area contributed by atoms with Gasteiger partial charge in [0.25, 0.3) is 0 Å². The van der Waals surface area contributed by atoms with E-state index in [0.29, 0.717) is 54.3 Å². The van der Waals surface area contributed by atoms with Gasteiger partial charge in [-0.1, -0.05) is 48.7 Å². The summed E-state index contributed by atoms with van der Waals surface area (Å²) in [6.45, 7) is 8.23. The lowest BCUT2D eigenvalue weighted by molar-refractivity contribution is -0.139. The summed E-state index contributed by atoms with van der Waals surface area (Å²) in [7, 11) is 4.58. The molecule has 5 rings (SSSR count). The third-order valence-electron chi connectivity index (χ3n) is 11.2. The Labute approximate surface area is 359 Å². The van der Waals surface area contributed by atoms with Crippen LogP contribution in [-0.4, -0.2) is 122 Å². The SMILES string of the molecule is CCOC(=O)C1=C(C)NC(COCCNCCCCNC(=O)O[C@@H]2CCN([C@@H]3CCCC[C@H]3OCCc3ccc(OC)c(OC)c3)C2)=C(C(=O)OC)C1c1ccccc1Cl. The standard InChI is InChI=1S/C45H63ClN4O10/c1-6-58-44(52)40-30(2)49-35(42(43(51)56-5)41(40)33-13-7-8-14-34(33)46)29-57-26-23-47-21-11-12-22-48-45(53)60-32-19-24-50(28-32)36-15-9-10-16-37(36)59-25-20-31-17-18-38(54-3)39(27-31)55-4/h7-8,13-14,17-18,27,32,36-37,41,47,49H,6,9-12,15-16,19-26,28-29H2,1-5H3,(H,48,53)/t32-,36-,37-,41?/m1/s1. The lowest BCUT2D eigenvalue weighted by Gasteiger charge is -2.37. The van der Waals surface area contributed by atoms with Crippen molar-refractivity contribution in [2.24, 2.45) is 0 Å². The highest BCUT2D eigenvalue weighted by atomic mass is 35.5. The molecule has 1 unspecified atom stereocenters. The second kappa shape index (κ2) is 24.2. The van der Waals surface area contributed by atoms with Crippen molar-refractivity contribution < 1.29 is 47.5 Å². The number of rotatable bonds is 22. The molecule has 0 aromatic heterocycles. The Morgan fingerprint density at radius 1 is 0.900 bits per heavy atom. The largest absolute Gasteiger partial charge is 0.493 e. The average Bonchev–Trinajstić information content (AvgIpc) is 3.72. The van der Waals surface area contributed by atoms with E-state index in [9.17, 15) is 14.4 Å². The summed E-state index contributed by atoms with van der Waals surface area (Å²) < 4.78 is 39.6. The third-order valence-corrected chi connectivity index (χ3v) is 11.6. The molecule has 0 spiro atoms. The number of methoxy groups -OCH3 is 3. The van der Waals surface area contributed by atoms with Gasteiger partial charge in [-0.05, 0) is 88.2 Å². The van der Waals surface area contributed by atoms with E-state index in [1.54, 1.807) is 52.3 Å². The molecule has 3 N–H and O–H groups in total. The van der Waals surface area contributed by atoms with E-state index in [-0.39, 0.29) is 42.7 Å². The summed E-state index contributed by atoms with van der Waals surface area (Å²) in [6, 6.07) is 13.4. The van der Waals surface area contributed by atoms with Crippen molar-refractivity contribution >= 4 is 29.6 Å². The van der Waals surface area contributed by atoms with Crippen LogP contribution < -0.4 is 25.4 Å². The van der Waals surface area contributed by atoms with Crippen LogP contribution in [-0.2, 0) is 39.7 Å². The Morgan fingerprint density at radius 2 is 1.68 bits per heavy atom. The van der Waals surface area contributed by atoms with E-state index < -0.39 is 17.9 Å². The van der Waals surface area contributed by atoms with Crippen molar-refractivity contribution in [3.63, 3.8) is 0 Å². The van der Waals surface area contributed by atoms with E-state index in [1.807, 2.05) is 12.1 Å². The molecule has 4 atom stereocenters. The van der Waals surface area contributed by atoms with Crippen molar-refractivity contribution in [1.82, 2.24) is 20.9 Å². The summed E-state index contributed by atoms with van der Waals surface area (Å²) in [5.41, 5.74) is 3.30. The number of ether oxygens (including phenoxy) is 7. The number of nitrogens with one attached hydrogen (secondary N) is 3. The second-order valence-electron chi connectivity index (χ2n) is 15.2. The van der Waals surface area contributed by atoms with Gasteiger partial charge in [-0.15, -0.1) is 0 Å². The van der Waals surface area contributed by atoms with Gasteiger partial charge < -0.3 is 49.1 Å². The number of halogens is 1. The van der Waals surface area contributed by atoms with Crippen molar-refractivity contribution in [3.8, 4) is 11.5 Å². The first-order valence-electron chi connectivity index (χ1n) is 21.2. The van der Waals surface area contributed by atoms with E-state index in [1.165, 1.54) is 13.5 Å². The molecule has 60 heavy (non-hydrogen) atoms. The summed E-state index contributed by atoms with van der Waals surface area (Å²) in [5.74, 6) is -0.497. The van der Waals surface area contributed by atoms with Crippen molar-refractivity contribution in [2.45, 2.75) is 89.4 Å². The quantitative estimate of drug-likeness (QED) is 0.0715.